The van der Waals surface area contributed by atoms with Gasteiger partial charge in [0.25, 0.3) is 0 Å². The van der Waals surface area contributed by atoms with Crippen molar-refractivity contribution >= 4 is 0 Å². The highest BCUT2D eigenvalue weighted by molar-refractivity contribution is 5.38. The molecular formula is C12H17NO. The van der Waals surface area contributed by atoms with E-state index >= 15 is 0 Å². The number of piperidine rings is 1. The fourth-order valence-electron chi connectivity index (χ4n) is 2.23. The third-order valence-electron chi connectivity index (χ3n) is 3.26. The molecule has 1 fully saturated rings. The summed E-state index contributed by atoms with van der Waals surface area (Å²) in [6, 6.07) is 7.70. The molecule has 2 rings (SSSR count). The van der Waals surface area contributed by atoms with Gasteiger partial charge in [0, 0.05) is 0 Å². The van der Waals surface area contributed by atoms with Crippen LogP contribution < -0.4 is 5.32 Å². The summed E-state index contributed by atoms with van der Waals surface area (Å²) in [6.45, 7) is 4.33. The van der Waals surface area contributed by atoms with Crippen molar-refractivity contribution < 1.29 is 5.11 Å². The van der Waals surface area contributed by atoms with Crippen molar-refractivity contribution in [3.05, 3.63) is 29.8 Å². The molecule has 0 unspecified atom stereocenters. The molecule has 1 heterocycles. The summed E-state index contributed by atoms with van der Waals surface area (Å²) in [7, 11) is 0. The Morgan fingerprint density at radius 2 is 1.86 bits per heavy atom. The van der Waals surface area contributed by atoms with Crippen molar-refractivity contribution in [2.24, 2.45) is 0 Å². The lowest BCUT2D eigenvalue weighted by Gasteiger charge is -2.34. The minimum atomic E-state index is 0.149. The standard InChI is InChI=1S/C12H17NO/c1-12(6-8-13-9-7-12)10-4-2-3-5-11(10)14/h2-5,13-14H,6-9H2,1H3. The van der Waals surface area contributed by atoms with Gasteiger partial charge in [-0.25, -0.2) is 0 Å². The van der Waals surface area contributed by atoms with Crippen molar-refractivity contribution in [1.29, 1.82) is 0 Å². The molecule has 1 saturated heterocycles. The maximum atomic E-state index is 9.81. The van der Waals surface area contributed by atoms with Gasteiger partial charge < -0.3 is 10.4 Å². The Morgan fingerprint density at radius 1 is 1.21 bits per heavy atom. The summed E-state index contributed by atoms with van der Waals surface area (Å²) >= 11 is 0. The normalized spacial score (nSPS) is 20.6. The van der Waals surface area contributed by atoms with Crippen LogP contribution in [-0.2, 0) is 5.41 Å². The van der Waals surface area contributed by atoms with Crippen molar-refractivity contribution in [3.8, 4) is 5.75 Å². The van der Waals surface area contributed by atoms with Crippen molar-refractivity contribution in [1.82, 2.24) is 5.32 Å². The Hall–Kier alpha value is -1.02. The fourth-order valence-corrected chi connectivity index (χ4v) is 2.23. The lowest BCUT2D eigenvalue weighted by Crippen LogP contribution is -2.37. The van der Waals surface area contributed by atoms with Crippen LogP contribution in [0.3, 0.4) is 0 Å². The molecule has 2 nitrogen and oxygen atoms in total. The van der Waals surface area contributed by atoms with Gasteiger partial charge >= 0.3 is 0 Å². The number of hydrogen-bond acceptors (Lipinski definition) is 2. The van der Waals surface area contributed by atoms with E-state index in [-0.39, 0.29) is 5.41 Å². The van der Waals surface area contributed by atoms with E-state index in [0.29, 0.717) is 5.75 Å². The van der Waals surface area contributed by atoms with Crippen LogP contribution in [0, 0.1) is 0 Å². The van der Waals surface area contributed by atoms with Crippen LogP contribution in [0.1, 0.15) is 25.3 Å². The first kappa shape index (κ1) is 9.53. The number of para-hydroxylation sites is 1. The van der Waals surface area contributed by atoms with Gasteiger partial charge in [0.05, 0.1) is 0 Å². The van der Waals surface area contributed by atoms with Gasteiger partial charge in [-0.3, -0.25) is 0 Å². The zero-order chi connectivity index (χ0) is 10.0. The van der Waals surface area contributed by atoms with E-state index in [1.165, 1.54) is 0 Å². The molecule has 0 radical (unpaired) electrons. The predicted octanol–water partition coefficient (Wildman–Crippen LogP) is 2.03. The molecule has 1 aromatic carbocycles. The van der Waals surface area contributed by atoms with E-state index < -0.39 is 0 Å². The lowest BCUT2D eigenvalue weighted by atomic mass is 9.75. The third kappa shape index (κ3) is 1.62. The van der Waals surface area contributed by atoms with Crippen LogP contribution in [0.25, 0.3) is 0 Å². The Kier molecular flexibility index (Phi) is 2.46. The topological polar surface area (TPSA) is 32.3 Å². The number of nitrogens with one attached hydrogen (secondary N) is 1. The van der Waals surface area contributed by atoms with Gasteiger partial charge in [-0.2, -0.15) is 0 Å². The second-order valence-electron chi connectivity index (χ2n) is 4.33. The molecule has 1 aromatic rings. The van der Waals surface area contributed by atoms with Crippen molar-refractivity contribution in [2.75, 3.05) is 13.1 Å². The molecule has 0 aliphatic carbocycles. The summed E-state index contributed by atoms with van der Waals surface area (Å²) in [5, 5.41) is 13.2. The van der Waals surface area contributed by atoms with E-state index in [1.54, 1.807) is 6.07 Å². The molecule has 0 spiro atoms. The molecular weight excluding hydrogens is 174 g/mol. The van der Waals surface area contributed by atoms with Gasteiger partial charge in [-0.1, -0.05) is 25.1 Å². The quantitative estimate of drug-likeness (QED) is 0.712. The number of hydrogen-bond donors (Lipinski definition) is 2. The molecule has 0 amide bonds. The van der Waals surface area contributed by atoms with Gasteiger partial charge in [0.1, 0.15) is 5.75 Å². The first-order valence-electron chi connectivity index (χ1n) is 5.22. The summed E-state index contributed by atoms with van der Waals surface area (Å²) in [4.78, 5) is 0. The van der Waals surface area contributed by atoms with E-state index in [0.717, 1.165) is 31.5 Å². The minimum absolute atomic E-state index is 0.149. The van der Waals surface area contributed by atoms with E-state index in [2.05, 4.69) is 12.2 Å². The number of aromatic hydroxyl groups is 1. The van der Waals surface area contributed by atoms with Gasteiger partial charge in [-0.05, 0) is 43.0 Å². The first-order chi connectivity index (χ1) is 6.72. The molecule has 1 aliphatic heterocycles. The Bertz CT molecular complexity index is 316. The average molecular weight is 191 g/mol. The van der Waals surface area contributed by atoms with Crippen molar-refractivity contribution in [3.63, 3.8) is 0 Å². The Labute approximate surface area is 85.0 Å². The summed E-state index contributed by atoms with van der Waals surface area (Å²) in [5.74, 6) is 0.442. The highest BCUT2D eigenvalue weighted by atomic mass is 16.3. The molecule has 76 valence electrons. The van der Waals surface area contributed by atoms with E-state index in [4.69, 9.17) is 0 Å². The maximum absolute atomic E-state index is 9.81. The van der Waals surface area contributed by atoms with E-state index in [1.807, 2.05) is 18.2 Å². The van der Waals surface area contributed by atoms with Gasteiger partial charge in [0.2, 0.25) is 0 Å². The Balaban J connectivity index is 2.32. The molecule has 0 bridgehead atoms. The van der Waals surface area contributed by atoms with Crippen LogP contribution in [-0.4, -0.2) is 18.2 Å². The summed E-state index contributed by atoms with van der Waals surface area (Å²) in [6.07, 6.45) is 2.20. The second-order valence-corrected chi connectivity index (χ2v) is 4.33. The number of phenolic OH excluding ortho intramolecular Hbond substituents is 1. The predicted molar refractivity (Wildman–Crippen MR) is 57.6 cm³/mol. The zero-order valence-electron chi connectivity index (χ0n) is 8.59. The molecule has 0 atom stereocenters. The van der Waals surface area contributed by atoms with E-state index in [9.17, 15) is 5.11 Å². The number of benzene rings is 1. The van der Waals surface area contributed by atoms with Crippen LogP contribution in [0.4, 0.5) is 0 Å². The largest absolute Gasteiger partial charge is 0.508 e. The maximum Gasteiger partial charge on any atom is 0.119 e. The van der Waals surface area contributed by atoms with Crippen LogP contribution in [0.15, 0.2) is 24.3 Å². The van der Waals surface area contributed by atoms with Gasteiger partial charge in [0.15, 0.2) is 0 Å². The highest BCUT2D eigenvalue weighted by Gasteiger charge is 2.30. The fraction of sp³-hybridized carbons (Fsp3) is 0.500. The van der Waals surface area contributed by atoms with Crippen LogP contribution >= 0.6 is 0 Å². The third-order valence-corrected chi connectivity index (χ3v) is 3.26. The summed E-state index contributed by atoms with van der Waals surface area (Å²) < 4.78 is 0. The van der Waals surface area contributed by atoms with Gasteiger partial charge in [-0.15, -0.1) is 0 Å². The average Bonchev–Trinajstić information content (AvgIpc) is 2.19. The molecule has 2 heteroatoms. The molecule has 0 aromatic heterocycles. The minimum Gasteiger partial charge on any atom is -0.508 e. The number of rotatable bonds is 1. The SMILES string of the molecule is CC1(c2ccccc2O)CCNCC1. The number of phenols is 1. The monoisotopic (exact) mass is 191 g/mol. The first-order valence-corrected chi connectivity index (χ1v) is 5.22. The zero-order valence-corrected chi connectivity index (χ0v) is 8.59. The Morgan fingerprint density at radius 3 is 2.50 bits per heavy atom. The molecule has 0 saturated carbocycles. The molecule has 2 N–H and O–H groups in total. The second kappa shape index (κ2) is 3.62. The molecule has 1 aliphatic rings. The smallest absolute Gasteiger partial charge is 0.119 e. The molecule has 14 heavy (non-hydrogen) atoms. The summed E-state index contributed by atoms with van der Waals surface area (Å²) in [5.41, 5.74) is 1.25. The highest BCUT2D eigenvalue weighted by Crippen LogP contribution is 2.37. The lowest BCUT2D eigenvalue weighted by molar-refractivity contribution is 0.322. The van der Waals surface area contributed by atoms with Crippen LogP contribution in [0.5, 0.6) is 5.75 Å². The van der Waals surface area contributed by atoms with Crippen molar-refractivity contribution in [2.45, 2.75) is 25.2 Å². The van der Waals surface area contributed by atoms with Crippen LogP contribution in [0.2, 0.25) is 0 Å².